The lowest BCUT2D eigenvalue weighted by molar-refractivity contribution is -0.142. The van der Waals surface area contributed by atoms with E-state index < -0.39 is 66.9 Å². The van der Waals surface area contributed by atoms with Gasteiger partial charge in [-0.2, -0.15) is 0 Å². The van der Waals surface area contributed by atoms with E-state index in [0.29, 0.717) is 0 Å². The molecule has 25 heavy (non-hydrogen) atoms. The minimum Gasteiger partial charge on any atom is -0.481 e. The summed E-state index contributed by atoms with van der Waals surface area (Å²) < 4.78 is 0. The first-order chi connectivity index (χ1) is 11.5. The molecule has 0 aliphatic carbocycles. The third-order valence-corrected chi connectivity index (χ3v) is 2.97. The van der Waals surface area contributed by atoms with Gasteiger partial charge in [-0.05, 0) is 13.8 Å². The van der Waals surface area contributed by atoms with E-state index in [9.17, 15) is 29.1 Å². The van der Waals surface area contributed by atoms with E-state index >= 15 is 0 Å². The molecular formula is C13H22N4O8. The highest BCUT2D eigenvalue weighted by molar-refractivity contribution is 5.93. The molecule has 0 aliphatic rings. The molecule has 8 N–H and O–H groups in total. The largest absolute Gasteiger partial charge is 0.481 e. The van der Waals surface area contributed by atoms with Crippen LogP contribution in [0.5, 0.6) is 0 Å². The average Bonchev–Trinajstić information content (AvgIpc) is 2.48. The molecule has 0 heterocycles. The summed E-state index contributed by atoms with van der Waals surface area (Å²) in [7, 11) is 0. The fourth-order valence-corrected chi connectivity index (χ4v) is 1.57. The van der Waals surface area contributed by atoms with Gasteiger partial charge in [-0.1, -0.05) is 0 Å². The maximum absolute atomic E-state index is 11.9. The first kappa shape index (κ1) is 22.3. The molecular weight excluding hydrogens is 340 g/mol. The number of nitrogens with one attached hydrogen (secondary N) is 3. The van der Waals surface area contributed by atoms with Gasteiger partial charge in [-0.3, -0.25) is 24.0 Å². The van der Waals surface area contributed by atoms with Gasteiger partial charge in [0.2, 0.25) is 17.7 Å². The van der Waals surface area contributed by atoms with E-state index in [0.717, 1.165) is 0 Å². The van der Waals surface area contributed by atoms with Crippen molar-refractivity contribution in [3.63, 3.8) is 0 Å². The normalized spacial score (nSPS) is 15.2. The van der Waals surface area contributed by atoms with Crippen LogP contribution in [-0.2, 0) is 24.0 Å². The zero-order chi connectivity index (χ0) is 19.7. The summed E-state index contributed by atoms with van der Waals surface area (Å²) in [6.07, 6.45) is -1.96. The van der Waals surface area contributed by atoms with Crippen LogP contribution >= 0.6 is 0 Å². The number of carboxylic acids is 2. The third-order valence-electron chi connectivity index (χ3n) is 2.97. The predicted octanol–water partition coefficient (Wildman–Crippen LogP) is -3.64. The molecule has 0 spiro atoms. The second-order valence-corrected chi connectivity index (χ2v) is 5.28. The Morgan fingerprint density at radius 3 is 2.00 bits per heavy atom. The minimum atomic E-state index is -1.45. The molecule has 0 saturated heterocycles. The molecule has 142 valence electrons. The van der Waals surface area contributed by atoms with Crippen molar-refractivity contribution in [2.75, 3.05) is 6.54 Å². The third kappa shape index (κ3) is 8.62. The fourth-order valence-electron chi connectivity index (χ4n) is 1.57. The van der Waals surface area contributed by atoms with Gasteiger partial charge in [-0.15, -0.1) is 0 Å². The van der Waals surface area contributed by atoms with Crippen LogP contribution < -0.4 is 21.7 Å². The minimum absolute atomic E-state index is 0.614. The monoisotopic (exact) mass is 362 g/mol. The number of rotatable bonds is 10. The van der Waals surface area contributed by atoms with Crippen molar-refractivity contribution in [2.45, 2.75) is 44.5 Å². The molecule has 4 unspecified atom stereocenters. The summed E-state index contributed by atoms with van der Waals surface area (Å²) in [6.45, 7) is 1.79. The second kappa shape index (κ2) is 10.2. The van der Waals surface area contributed by atoms with Gasteiger partial charge in [0.1, 0.15) is 12.1 Å². The Balaban J connectivity index is 4.60. The first-order valence-corrected chi connectivity index (χ1v) is 7.21. The van der Waals surface area contributed by atoms with Gasteiger partial charge in [0.25, 0.3) is 0 Å². The van der Waals surface area contributed by atoms with Crippen LogP contribution in [0.25, 0.3) is 0 Å². The van der Waals surface area contributed by atoms with Crippen molar-refractivity contribution < 1.29 is 39.3 Å². The maximum atomic E-state index is 11.9. The number of aliphatic hydroxyl groups is 1. The summed E-state index contributed by atoms with van der Waals surface area (Å²) in [5.41, 5.74) is 5.30. The first-order valence-electron chi connectivity index (χ1n) is 7.21. The number of aliphatic carboxylic acids is 2. The fraction of sp³-hybridized carbons (Fsp3) is 0.615. The Kier molecular flexibility index (Phi) is 9.09. The van der Waals surface area contributed by atoms with Crippen LogP contribution in [0.4, 0.5) is 0 Å². The highest BCUT2D eigenvalue weighted by Gasteiger charge is 2.28. The molecule has 0 saturated carbocycles. The number of hydrogen-bond donors (Lipinski definition) is 7. The van der Waals surface area contributed by atoms with E-state index in [1.54, 1.807) is 0 Å². The van der Waals surface area contributed by atoms with Gasteiger partial charge in [0.05, 0.1) is 25.1 Å². The Hall–Kier alpha value is -2.73. The summed E-state index contributed by atoms with van der Waals surface area (Å²) in [5.74, 6) is -5.25. The van der Waals surface area contributed by atoms with Gasteiger partial charge in [-0.25, -0.2) is 0 Å². The van der Waals surface area contributed by atoms with Gasteiger partial charge >= 0.3 is 11.9 Å². The number of amides is 3. The Morgan fingerprint density at radius 1 is 1.00 bits per heavy atom. The standard InChI is InChI=1S/C13H22N4O8/c1-5(13(24)25)16-12(23)10(6(2)18)17-8(19)4-15-11(22)7(14)3-9(20)21/h5-7,10,18H,3-4,14H2,1-2H3,(H,15,22)(H,16,23)(H,17,19)(H,20,21)(H,24,25). The molecule has 0 aliphatic heterocycles. The second-order valence-electron chi connectivity index (χ2n) is 5.28. The lowest BCUT2D eigenvalue weighted by Crippen LogP contribution is -2.56. The van der Waals surface area contributed by atoms with Crippen LogP contribution in [0, 0.1) is 0 Å². The molecule has 0 aromatic carbocycles. The smallest absolute Gasteiger partial charge is 0.325 e. The van der Waals surface area contributed by atoms with Crippen molar-refractivity contribution in [1.29, 1.82) is 0 Å². The molecule has 12 heteroatoms. The van der Waals surface area contributed by atoms with Crippen molar-refractivity contribution in [2.24, 2.45) is 5.73 Å². The van der Waals surface area contributed by atoms with Gasteiger partial charge < -0.3 is 37.0 Å². The zero-order valence-corrected chi connectivity index (χ0v) is 13.7. The molecule has 12 nitrogen and oxygen atoms in total. The molecule has 0 fully saturated rings. The Morgan fingerprint density at radius 2 is 1.56 bits per heavy atom. The van der Waals surface area contributed by atoms with Crippen LogP contribution in [0.3, 0.4) is 0 Å². The Labute approximate surface area is 142 Å². The molecule has 0 bridgehead atoms. The summed E-state index contributed by atoms with van der Waals surface area (Å²) in [5, 5.41) is 33.1. The zero-order valence-electron chi connectivity index (χ0n) is 13.7. The van der Waals surface area contributed by atoms with Crippen LogP contribution in [-0.4, -0.2) is 75.8 Å². The topological polar surface area (TPSA) is 208 Å². The summed E-state index contributed by atoms with van der Waals surface area (Å²) in [4.78, 5) is 56.2. The van der Waals surface area contributed by atoms with Crippen molar-refractivity contribution in [3.05, 3.63) is 0 Å². The van der Waals surface area contributed by atoms with Crippen LogP contribution in [0.15, 0.2) is 0 Å². The number of carboxylic acid groups (broad SMARTS) is 2. The Bertz CT molecular complexity index is 536. The number of hydrogen-bond acceptors (Lipinski definition) is 7. The maximum Gasteiger partial charge on any atom is 0.325 e. The van der Waals surface area contributed by atoms with Crippen molar-refractivity contribution >= 4 is 29.7 Å². The van der Waals surface area contributed by atoms with Crippen molar-refractivity contribution in [1.82, 2.24) is 16.0 Å². The number of carbonyl (C=O) groups excluding carboxylic acids is 3. The lowest BCUT2D eigenvalue weighted by Gasteiger charge is -2.22. The lowest BCUT2D eigenvalue weighted by atomic mass is 10.1. The van der Waals surface area contributed by atoms with E-state index in [-0.39, 0.29) is 0 Å². The van der Waals surface area contributed by atoms with Crippen LogP contribution in [0.2, 0.25) is 0 Å². The number of carbonyl (C=O) groups is 5. The molecule has 0 aromatic rings. The van der Waals surface area contributed by atoms with E-state index in [2.05, 4.69) is 16.0 Å². The highest BCUT2D eigenvalue weighted by atomic mass is 16.4. The highest BCUT2D eigenvalue weighted by Crippen LogP contribution is 1.95. The quantitative estimate of drug-likeness (QED) is 0.204. The van der Waals surface area contributed by atoms with Gasteiger partial charge in [0, 0.05) is 0 Å². The van der Waals surface area contributed by atoms with E-state index in [4.69, 9.17) is 15.9 Å². The van der Waals surface area contributed by atoms with Gasteiger partial charge in [0.15, 0.2) is 0 Å². The number of aliphatic hydroxyl groups excluding tert-OH is 1. The molecule has 0 rings (SSSR count). The molecule has 0 aromatic heterocycles. The summed E-state index contributed by atoms with van der Waals surface area (Å²) >= 11 is 0. The summed E-state index contributed by atoms with van der Waals surface area (Å²) in [6, 6.07) is -4.03. The molecule has 0 radical (unpaired) electrons. The van der Waals surface area contributed by atoms with E-state index in [1.165, 1.54) is 13.8 Å². The average molecular weight is 362 g/mol. The number of nitrogens with two attached hydrogens (primary N) is 1. The SMILES string of the molecule is CC(NC(=O)C(NC(=O)CNC(=O)C(N)CC(=O)O)C(C)O)C(=O)O. The molecule has 3 amide bonds. The van der Waals surface area contributed by atoms with E-state index in [1.807, 2.05) is 0 Å². The van der Waals surface area contributed by atoms with Crippen molar-refractivity contribution in [3.8, 4) is 0 Å². The van der Waals surface area contributed by atoms with Crippen LogP contribution in [0.1, 0.15) is 20.3 Å². The molecule has 4 atom stereocenters. The predicted molar refractivity (Wildman–Crippen MR) is 82.1 cm³/mol.